The van der Waals surface area contributed by atoms with Gasteiger partial charge in [0.2, 0.25) is 0 Å². The van der Waals surface area contributed by atoms with Crippen LogP contribution in [0.2, 0.25) is 0 Å². The van der Waals surface area contributed by atoms with Gasteiger partial charge in [-0.25, -0.2) is 4.39 Å². The fourth-order valence-corrected chi connectivity index (χ4v) is 4.22. The Balaban J connectivity index is 2.02. The molecule has 1 unspecified atom stereocenters. The van der Waals surface area contributed by atoms with E-state index in [9.17, 15) is 4.39 Å². The Morgan fingerprint density at radius 3 is 2.65 bits per heavy atom. The lowest BCUT2D eigenvalue weighted by Crippen LogP contribution is -2.48. The van der Waals surface area contributed by atoms with Gasteiger partial charge in [-0.3, -0.25) is 4.99 Å². The number of aliphatic imine (C=N–C) groups is 1. The van der Waals surface area contributed by atoms with Crippen molar-refractivity contribution in [3.63, 3.8) is 0 Å². The lowest BCUT2D eigenvalue weighted by atomic mass is 9.79. The highest BCUT2D eigenvalue weighted by molar-refractivity contribution is 5.84. The minimum atomic E-state index is -0.207. The van der Waals surface area contributed by atoms with E-state index in [1.165, 1.54) is 5.56 Å². The van der Waals surface area contributed by atoms with Crippen molar-refractivity contribution in [1.29, 1.82) is 0 Å². The van der Waals surface area contributed by atoms with Crippen LogP contribution in [-0.4, -0.2) is 18.3 Å². The molecule has 0 bridgehead atoms. The summed E-state index contributed by atoms with van der Waals surface area (Å²) in [4.78, 5) is 6.88. The lowest BCUT2D eigenvalue weighted by molar-refractivity contribution is 0.380. The van der Waals surface area contributed by atoms with E-state index < -0.39 is 0 Å². The average Bonchev–Trinajstić information content (AvgIpc) is 2.55. The third-order valence-electron chi connectivity index (χ3n) is 5.53. The van der Waals surface area contributed by atoms with Crippen molar-refractivity contribution >= 4 is 17.6 Å². The lowest BCUT2D eigenvalue weighted by Gasteiger charge is -2.47. The number of rotatable bonds is 3. The Morgan fingerprint density at radius 1 is 1.23 bits per heavy atom. The van der Waals surface area contributed by atoms with Crippen LogP contribution in [0.3, 0.4) is 0 Å². The maximum absolute atomic E-state index is 14.8. The maximum Gasteiger partial charge on any atom is 0.134 e. The maximum atomic E-state index is 14.8. The van der Waals surface area contributed by atoms with Crippen molar-refractivity contribution in [2.45, 2.75) is 59.4 Å². The van der Waals surface area contributed by atoms with Gasteiger partial charge in [-0.05, 0) is 81.8 Å². The van der Waals surface area contributed by atoms with Crippen LogP contribution in [0.5, 0.6) is 0 Å². The molecule has 0 aliphatic carbocycles. The molecule has 2 aromatic carbocycles. The summed E-state index contributed by atoms with van der Waals surface area (Å²) in [5.41, 5.74) is 5.99. The molecule has 0 fully saturated rings. The van der Waals surface area contributed by atoms with Crippen LogP contribution in [0.4, 0.5) is 15.8 Å². The van der Waals surface area contributed by atoms with Crippen LogP contribution in [-0.2, 0) is 0 Å². The van der Waals surface area contributed by atoms with Crippen molar-refractivity contribution < 1.29 is 4.39 Å². The minimum absolute atomic E-state index is 0.0435. The van der Waals surface area contributed by atoms with Gasteiger partial charge in [-0.15, -0.1) is 0 Å². The molecule has 0 aromatic heterocycles. The van der Waals surface area contributed by atoms with E-state index >= 15 is 0 Å². The second-order valence-electron chi connectivity index (χ2n) is 8.14. The normalized spacial score (nSPS) is 19.0. The molecule has 1 atom stereocenters. The summed E-state index contributed by atoms with van der Waals surface area (Å²) < 4.78 is 14.8. The van der Waals surface area contributed by atoms with Crippen LogP contribution >= 0.6 is 0 Å². The number of benzene rings is 2. The zero-order valence-electron chi connectivity index (χ0n) is 16.7. The predicted octanol–water partition coefficient (Wildman–Crippen LogP) is 6.31. The van der Waals surface area contributed by atoms with Crippen molar-refractivity contribution in [2.75, 3.05) is 11.4 Å². The number of hydrogen-bond donors (Lipinski definition) is 0. The smallest absolute Gasteiger partial charge is 0.134 e. The van der Waals surface area contributed by atoms with E-state index in [2.05, 4.69) is 49.7 Å². The van der Waals surface area contributed by atoms with Crippen LogP contribution < -0.4 is 4.90 Å². The van der Waals surface area contributed by atoms with E-state index in [-0.39, 0.29) is 11.4 Å². The van der Waals surface area contributed by atoms with Gasteiger partial charge < -0.3 is 4.90 Å². The van der Waals surface area contributed by atoms with Crippen LogP contribution in [0.1, 0.15) is 62.3 Å². The van der Waals surface area contributed by atoms with Gasteiger partial charge in [0.15, 0.2) is 0 Å². The van der Waals surface area contributed by atoms with Gasteiger partial charge in [0.1, 0.15) is 5.82 Å². The molecule has 26 heavy (non-hydrogen) atoms. The monoisotopic (exact) mass is 352 g/mol. The molecule has 0 saturated carbocycles. The fourth-order valence-electron chi connectivity index (χ4n) is 4.22. The largest absolute Gasteiger partial charge is 0.366 e. The summed E-state index contributed by atoms with van der Waals surface area (Å²) >= 11 is 0. The van der Waals surface area contributed by atoms with E-state index in [0.29, 0.717) is 11.5 Å². The highest BCUT2D eigenvalue weighted by Gasteiger charge is 2.36. The standard InChI is InChI=1S/C23H29FN2/c1-7-26-22-12-20(24)18(11-19(22)17(4)13-23(26,5)6)14-25-21-10-15(2)8-9-16(21)3/h8-12,14,17H,7,13H2,1-6H3. The van der Waals surface area contributed by atoms with Crippen molar-refractivity contribution in [2.24, 2.45) is 4.99 Å². The first kappa shape index (κ1) is 18.6. The Morgan fingerprint density at radius 2 is 1.96 bits per heavy atom. The molecule has 1 aliphatic rings. The molecule has 0 radical (unpaired) electrons. The summed E-state index contributed by atoms with van der Waals surface area (Å²) in [6.45, 7) is 13.8. The Bertz CT molecular complexity index is 852. The Hall–Kier alpha value is -2.16. The second-order valence-corrected chi connectivity index (χ2v) is 8.14. The first-order chi connectivity index (χ1) is 12.2. The molecule has 0 N–H and O–H groups in total. The molecule has 138 valence electrons. The quantitative estimate of drug-likeness (QED) is 0.591. The average molecular weight is 352 g/mol. The molecule has 0 saturated heterocycles. The second kappa shape index (κ2) is 6.86. The minimum Gasteiger partial charge on any atom is -0.366 e. The highest BCUT2D eigenvalue weighted by atomic mass is 19.1. The summed E-state index contributed by atoms with van der Waals surface area (Å²) in [5, 5.41) is 0. The third kappa shape index (κ3) is 3.40. The van der Waals surface area contributed by atoms with E-state index in [0.717, 1.165) is 35.5 Å². The number of fused-ring (bicyclic) bond motifs is 1. The van der Waals surface area contributed by atoms with Gasteiger partial charge in [0.25, 0.3) is 0 Å². The molecule has 0 spiro atoms. The molecular formula is C23H29FN2. The SMILES string of the molecule is CCN1c2cc(F)c(C=Nc3cc(C)ccc3C)cc2C(C)CC1(C)C. The van der Waals surface area contributed by atoms with Gasteiger partial charge in [0, 0.05) is 29.5 Å². The van der Waals surface area contributed by atoms with Gasteiger partial charge in [0.05, 0.1) is 5.69 Å². The molecule has 2 aromatic rings. The van der Waals surface area contributed by atoms with Crippen LogP contribution in [0.25, 0.3) is 0 Å². The summed E-state index contributed by atoms with van der Waals surface area (Å²) in [6.07, 6.45) is 2.73. The van der Waals surface area contributed by atoms with E-state index in [1.807, 2.05) is 26.0 Å². The zero-order chi connectivity index (χ0) is 19.1. The van der Waals surface area contributed by atoms with Crippen molar-refractivity contribution in [3.05, 3.63) is 58.4 Å². The van der Waals surface area contributed by atoms with Gasteiger partial charge >= 0.3 is 0 Å². The fraction of sp³-hybridized carbons (Fsp3) is 0.435. The highest BCUT2D eigenvalue weighted by Crippen LogP contribution is 2.43. The van der Waals surface area contributed by atoms with E-state index in [4.69, 9.17) is 0 Å². The molecule has 2 nitrogen and oxygen atoms in total. The van der Waals surface area contributed by atoms with Crippen molar-refractivity contribution in [1.82, 2.24) is 0 Å². The Kier molecular flexibility index (Phi) is 4.92. The first-order valence-electron chi connectivity index (χ1n) is 9.45. The molecule has 1 aliphatic heterocycles. The van der Waals surface area contributed by atoms with Gasteiger partial charge in [-0.2, -0.15) is 0 Å². The number of halogens is 1. The van der Waals surface area contributed by atoms with E-state index in [1.54, 1.807) is 12.3 Å². The van der Waals surface area contributed by atoms with Crippen LogP contribution in [0.15, 0.2) is 35.3 Å². The molecule has 3 heteroatoms. The number of anilines is 1. The third-order valence-corrected chi connectivity index (χ3v) is 5.53. The number of aryl methyl sites for hydroxylation is 2. The molecular weight excluding hydrogens is 323 g/mol. The summed E-state index contributed by atoms with van der Waals surface area (Å²) in [5.74, 6) is 0.192. The summed E-state index contributed by atoms with van der Waals surface area (Å²) in [7, 11) is 0. The zero-order valence-corrected chi connectivity index (χ0v) is 16.7. The molecule has 0 amide bonds. The molecule has 3 rings (SSSR count). The summed E-state index contributed by atoms with van der Waals surface area (Å²) in [6, 6.07) is 9.83. The topological polar surface area (TPSA) is 15.6 Å². The van der Waals surface area contributed by atoms with Crippen molar-refractivity contribution in [3.8, 4) is 0 Å². The number of hydrogen-bond acceptors (Lipinski definition) is 2. The van der Waals surface area contributed by atoms with Gasteiger partial charge in [-0.1, -0.05) is 19.1 Å². The van der Waals surface area contributed by atoms with Crippen LogP contribution in [0, 0.1) is 19.7 Å². The number of nitrogens with zero attached hydrogens (tertiary/aromatic N) is 2. The molecule has 1 heterocycles. The predicted molar refractivity (Wildman–Crippen MR) is 110 cm³/mol. The Labute approximate surface area is 156 Å². The first-order valence-corrected chi connectivity index (χ1v) is 9.45.